The highest BCUT2D eigenvalue weighted by Gasteiger charge is 2.30. The molecule has 2 aromatic rings. The third kappa shape index (κ3) is 3.70. The molecule has 0 atom stereocenters. The Kier molecular flexibility index (Phi) is 5.38. The third-order valence-corrected chi connectivity index (χ3v) is 3.05. The van der Waals surface area contributed by atoms with Crippen molar-refractivity contribution in [3.05, 3.63) is 78.1 Å². The Morgan fingerprint density at radius 2 is 1.61 bits per heavy atom. The maximum atomic E-state index is 12.9. The van der Waals surface area contributed by atoms with Crippen LogP contribution < -0.4 is 10.3 Å². The number of hydrogen-bond donors (Lipinski definition) is 1. The molecule has 0 fully saturated rings. The van der Waals surface area contributed by atoms with Crippen LogP contribution in [0, 0.1) is 5.82 Å². The molecular weight excluding hydrogens is 293 g/mol. The molecule has 0 saturated heterocycles. The van der Waals surface area contributed by atoms with Gasteiger partial charge in [-0.2, -0.15) is 10.1 Å². The number of hydrogen-bond acceptors (Lipinski definition) is 3. The predicted octanol–water partition coefficient (Wildman–Crippen LogP) is 2.97. The molecule has 0 radical (unpaired) electrons. The molecule has 1 aliphatic rings. The number of anilines is 1. The zero-order valence-electron chi connectivity index (χ0n) is 13.1. The van der Waals surface area contributed by atoms with Crippen molar-refractivity contribution in [1.82, 2.24) is 5.32 Å². The minimum Gasteiger partial charge on any atom is -0.323 e. The van der Waals surface area contributed by atoms with Crippen LogP contribution in [0.5, 0.6) is 0 Å². The molecule has 23 heavy (non-hydrogen) atoms. The molecule has 2 aromatic carbocycles. The number of carbonyl (C=O) groups is 1. The van der Waals surface area contributed by atoms with Crippen molar-refractivity contribution in [3.8, 4) is 0 Å². The van der Waals surface area contributed by atoms with Gasteiger partial charge < -0.3 is 5.32 Å². The largest absolute Gasteiger partial charge is 0.323 e. The summed E-state index contributed by atoms with van der Waals surface area (Å²) in [6, 6.07) is 15.0. The minimum absolute atomic E-state index is 0.296. The normalized spacial score (nSPS) is 13.5. The van der Waals surface area contributed by atoms with Crippen LogP contribution in [-0.2, 0) is 4.79 Å². The lowest BCUT2D eigenvalue weighted by Gasteiger charge is -2.10. The van der Waals surface area contributed by atoms with Crippen molar-refractivity contribution in [3.63, 3.8) is 0 Å². The lowest BCUT2D eigenvalue weighted by Crippen LogP contribution is -2.20. The zero-order chi connectivity index (χ0) is 16.8. The molecule has 3 rings (SSSR count). The summed E-state index contributed by atoms with van der Waals surface area (Å²) in [5.74, 6) is -0.651. The van der Waals surface area contributed by atoms with Crippen LogP contribution in [-0.4, -0.2) is 25.7 Å². The van der Waals surface area contributed by atoms with Crippen molar-refractivity contribution in [2.45, 2.75) is 0 Å². The highest BCUT2D eigenvalue weighted by atomic mass is 19.1. The second-order valence-corrected chi connectivity index (χ2v) is 4.89. The summed E-state index contributed by atoms with van der Waals surface area (Å²) < 4.78 is 12.9. The van der Waals surface area contributed by atoms with Gasteiger partial charge >= 0.3 is 0 Å². The van der Waals surface area contributed by atoms with E-state index in [1.165, 1.54) is 29.3 Å². The second-order valence-electron chi connectivity index (χ2n) is 4.89. The van der Waals surface area contributed by atoms with Gasteiger partial charge in [-0.05, 0) is 38.4 Å². The lowest BCUT2D eigenvalue weighted by atomic mass is 10.0. The first-order chi connectivity index (χ1) is 11.1. The first-order valence-corrected chi connectivity index (χ1v) is 7.10. The molecule has 1 amide bonds. The summed E-state index contributed by atoms with van der Waals surface area (Å²) in [5, 5.41) is 8.29. The van der Waals surface area contributed by atoms with Gasteiger partial charge in [0.05, 0.1) is 11.3 Å². The molecule has 0 aliphatic carbocycles. The first kappa shape index (κ1) is 16.6. The van der Waals surface area contributed by atoms with Gasteiger partial charge in [0.15, 0.2) is 0 Å². The molecule has 5 heteroatoms. The van der Waals surface area contributed by atoms with Crippen LogP contribution in [0.3, 0.4) is 0 Å². The molecule has 0 unspecified atom stereocenters. The smallest absolute Gasteiger partial charge is 0.280 e. The van der Waals surface area contributed by atoms with E-state index in [2.05, 4.69) is 17.0 Å². The maximum Gasteiger partial charge on any atom is 0.280 e. The summed E-state index contributed by atoms with van der Waals surface area (Å²) in [6.45, 7) is 3.79. The molecule has 0 saturated carbocycles. The van der Waals surface area contributed by atoms with Gasteiger partial charge in [-0.25, -0.2) is 4.39 Å². The Bertz CT molecular complexity index is 724. The molecule has 1 N–H and O–H groups in total. The van der Waals surface area contributed by atoms with Crippen molar-refractivity contribution in [1.29, 1.82) is 0 Å². The Morgan fingerprint density at radius 3 is 2.17 bits per heavy atom. The molecule has 0 bridgehead atoms. The predicted molar refractivity (Wildman–Crippen MR) is 91.0 cm³/mol. The van der Waals surface area contributed by atoms with E-state index < -0.39 is 0 Å². The van der Waals surface area contributed by atoms with Crippen LogP contribution >= 0.6 is 0 Å². The van der Waals surface area contributed by atoms with Crippen LogP contribution in [0.15, 0.2) is 71.9 Å². The van der Waals surface area contributed by atoms with Crippen LogP contribution in [0.25, 0.3) is 0 Å². The molecule has 4 nitrogen and oxygen atoms in total. The standard InChI is InChI=1S/C16H11FN2O.C2H7N/c1-11-15(12-5-3-2-4-6-12)18-19(16(11)20)14-9-7-13(17)8-10-14;1-3-2/h2-10H,1H2;3H,1-2H3. The van der Waals surface area contributed by atoms with Crippen molar-refractivity contribution in [2.75, 3.05) is 19.1 Å². The Labute approximate surface area is 134 Å². The summed E-state index contributed by atoms with van der Waals surface area (Å²) >= 11 is 0. The number of amides is 1. The fourth-order valence-electron chi connectivity index (χ4n) is 2.02. The number of carbonyl (C=O) groups excluding carboxylic acids is 1. The van der Waals surface area contributed by atoms with Crippen molar-refractivity contribution in [2.24, 2.45) is 5.10 Å². The van der Waals surface area contributed by atoms with E-state index in [-0.39, 0.29) is 11.7 Å². The maximum absolute atomic E-state index is 12.9. The van der Waals surface area contributed by atoms with E-state index in [0.717, 1.165) is 5.56 Å². The van der Waals surface area contributed by atoms with E-state index >= 15 is 0 Å². The van der Waals surface area contributed by atoms with Gasteiger partial charge in [-0.3, -0.25) is 4.79 Å². The van der Waals surface area contributed by atoms with Crippen molar-refractivity contribution < 1.29 is 9.18 Å². The van der Waals surface area contributed by atoms with Gasteiger partial charge in [0.1, 0.15) is 11.5 Å². The topological polar surface area (TPSA) is 44.7 Å². The average Bonchev–Trinajstić information content (AvgIpc) is 2.86. The lowest BCUT2D eigenvalue weighted by molar-refractivity contribution is -0.114. The fourth-order valence-corrected chi connectivity index (χ4v) is 2.02. The number of benzene rings is 2. The molecule has 0 spiro atoms. The molecule has 1 heterocycles. The summed E-state index contributed by atoms with van der Waals surface area (Å²) in [4.78, 5) is 12.2. The van der Waals surface area contributed by atoms with Crippen LogP contribution in [0.1, 0.15) is 5.56 Å². The molecule has 1 aliphatic heterocycles. The number of halogens is 1. The molecule has 118 valence electrons. The van der Waals surface area contributed by atoms with Gasteiger partial charge in [0.2, 0.25) is 0 Å². The monoisotopic (exact) mass is 311 g/mol. The highest BCUT2D eigenvalue weighted by Crippen LogP contribution is 2.25. The highest BCUT2D eigenvalue weighted by molar-refractivity contribution is 6.34. The number of nitrogens with one attached hydrogen (secondary N) is 1. The second kappa shape index (κ2) is 7.47. The Balaban J connectivity index is 0.000000595. The van der Waals surface area contributed by atoms with E-state index in [1.807, 2.05) is 44.4 Å². The van der Waals surface area contributed by atoms with Gasteiger partial charge in [0.25, 0.3) is 5.91 Å². The van der Waals surface area contributed by atoms with Gasteiger partial charge in [-0.15, -0.1) is 0 Å². The van der Waals surface area contributed by atoms with Crippen molar-refractivity contribution >= 4 is 17.3 Å². The van der Waals surface area contributed by atoms with Crippen LogP contribution in [0.2, 0.25) is 0 Å². The van der Waals surface area contributed by atoms with Crippen LogP contribution in [0.4, 0.5) is 10.1 Å². The Hall–Kier alpha value is -2.79. The van der Waals surface area contributed by atoms with Gasteiger partial charge in [0, 0.05) is 5.56 Å². The minimum atomic E-state index is -0.355. The molecular formula is C18H18FN3O. The molecule has 0 aromatic heterocycles. The average molecular weight is 311 g/mol. The SMILES string of the molecule is C=C1C(=O)N(c2ccc(F)cc2)N=C1c1ccccc1.CNC. The van der Waals surface area contributed by atoms with E-state index in [0.29, 0.717) is 17.0 Å². The fraction of sp³-hybridized carbons (Fsp3) is 0.111. The number of hydrazone groups is 1. The van der Waals surface area contributed by atoms with E-state index in [9.17, 15) is 9.18 Å². The van der Waals surface area contributed by atoms with Gasteiger partial charge in [-0.1, -0.05) is 36.9 Å². The van der Waals surface area contributed by atoms with E-state index in [4.69, 9.17) is 0 Å². The number of nitrogens with zero attached hydrogens (tertiary/aromatic N) is 2. The Morgan fingerprint density at radius 1 is 1.04 bits per heavy atom. The van der Waals surface area contributed by atoms with E-state index in [1.54, 1.807) is 0 Å². The zero-order valence-corrected chi connectivity index (χ0v) is 13.1. The summed E-state index contributed by atoms with van der Waals surface area (Å²) in [7, 11) is 3.75. The summed E-state index contributed by atoms with van der Waals surface area (Å²) in [5.41, 5.74) is 2.22. The first-order valence-electron chi connectivity index (χ1n) is 7.10. The number of rotatable bonds is 2. The summed E-state index contributed by atoms with van der Waals surface area (Å²) in [6.07, 6.45) is 0. The quantitative estimate of drug-likeness (QED) is 0.867. The third-order valence-electron chi connectivity index (χ3n) is 3.05.